The smallest absolute Gasteiger partial charge is 0.319 e. The number of nitrogens with zero attached hydrogens (tertiary/aromatic N) is 1. The van der Waals surface area contributed by atoms with Crippen molar-refractivity contribution >= 4 is 16.9 Å². The van der Waals surface area contributed by atoms with E-state index >= 15 is 0 Å². The molecule has 4 heterocycles. The first kappa shape index (κ1) is 20.0. The molecule has 1 saturated carbocycles. The van der Waals surface area contributed by atoms with E-state index in [0.29, 0.717) is 25.0 Å². The molecule has 4 bridgehead atoms. The van der Waals surface area contributed by atoms with E-state index in [1.165, 1.54) is 17.4 Å². The zero-order chi connectivity index (χ0) is 20.7. The zero-order valence-electron chi connectivity index (χ0n) is 18.0. The summed E-state index contributed by atoms with van der Waals surface area (Å²) < 4.78 is 16.5. The first-order chi connectivity index (χ1) is 14.7. The third-order valence-electron chi connectivity index (χ3n) is 7.57. The molecule has 30 heavy (non-hydrogen) atoms. The lowest BCUT2D eigenvalue weighted by atomic mass is 9.56. The van der Waals surface area contributed by atoms with Crippen LogP contribution in [-0.4, -0.2) is 69.0 Å². The monoisotopic (exact) mass is 412 g/mol. The molecular formula is C24H32N2O4. The van der Waals surface area contributed by atoms with E-state index in [1.54, 1.807) is 14.2 Å². The molecule has 3 aliphatic heterocycles. The lowest BCUT2D eigenvalue weighted by Gasteiger charge is -2.58. The molecule has 0 radical (unpaired) electrons. The summed E-state index contributed by atoms with van der Waals surface area (Å²) in [5, 5.41) is 1.25. The average Bonchev–Trinajstić information content (AvgIpc) is 3.10. The van der Waals surface area contributed by atoms with Crippen molar-refractivity contribution in [3.63, 3.8) is 0 Å². The van der Waals surface area contributed by atoms with Crippen molar-refractivity contribution < 1.29 is 19.0 Å². The van der Waals surface area contributed by atoms with Crippen LogP contribution in [0.25, 0.3) is 10.9 Å². The van der Waals surface area contributed by atoms with Crippen LogP contribution >= 0.6 is 0 Å². The normalized spacial score (nSPS) is 32.1. The summed E-state index contributed by atoms with van der Waals surface area (Å²) >= 11 is 0. The molecule has 2 aromatic rings. The molecular weight excluding hydrogens is 380 g/mol. The number of esters is 1. The number of rotatable bonds is 7. The molecule has 3 fully saturated rings. The van der Waals surface area contributed by atoms with Gasteiger partial charge in [0.2, 0.25) is 0 Å². The van der Waals surface area contributed by atoms with Crippen molar-refractivity contribution in [3.05, 3.63) is 35.5 Å². The highest BCUT2D eigenvalue weighted by Gasteiger charge is 2.63. The number of hydrogen-bond acceptors (Lipinski definition) is 5. The number of aromatic nitrogens is 1. The largest absolute Gasteiger partial charge is 0.462 e. The van der Waals surface area contributed by atoms with Crippen LogP contribution in [0.2, 0.25) is 0 Å². The van der Waals surface area contributed by atoms with Gasteiger partial charge in [0, 0.05) is 56.6 Å². The lowest BCUT2D eigenvalue weighted by Crippen LogP contribution is -2.67. The first-order valence-electron chi connectivity index (χ1n) is 11.2. The van der Waals surface area contributed by atoms with E-state index < -0.39 is 5.41 Å². The van der Waals surface area contributed by atoms with Gasteiger partial charge in [0.05, 0.1) is 6.61 Å². The highest BCUT2D eigenvalue weighted by Crippen LogP contribution is 2.55. The van der Waals surface area contributed by atoms with Gasteiger partial charge in [0.15, 0.2) is 0 Å². The number of nitrogens with one attached hydrogen (secondary N) is 1. The van der Waals surface area contributed by atoms with Crippen LogP contribution in [0, 0.1) is 11.8 Å². The summed E-state index contributed by atoms with van der Waals surface area (Å²) in [5.41, 5.74) is 2.88. The number of benzene rings is 1. The fraction of sp³-hybridized carbons (Fsp3) is 0.625. The molecule has 6 rings (SSSR count). The van der Waals surface area contributed by atoms with Gasteiger partial charge in [-0.05, 0) is 49.1 Å². The van der Waals surface area contributed by atoms with Gasteiger partial charge in [-0.15, -0.1) is 0 Å². The highest BCUT2D eigenvalue weighted by atomic mass is 16.6. The van der Waals surface area contributed by atoms with Crippen LogP contribution in [-0.2, 0) is 30.8 Å². The second-order valence-electron chi connectivity index (χ2n) is 9.16. The van der Waals surface area contributed by atoms with Crippen molar-refractivity contribution in [1.82, 2.24) is 9.88 Å². The fourth-order valence-electron chi connectivity index (χ4n) is 6.59. The fourth-order valence-corrected chi connectivity index (χ4v) is 6.59. The minimum absolute atomic E-state index is 0.0870. The van der Waals surface area contributed by atoms with Crippen molar-refractivity contribution in [2.45, 2.75) is 37.1 Å². The van der Waals surface area contributed by atoms with Crippen LogP contribution in [0.1, 0.15) is 30.5 Å². The number of methoxy groups -OCH3 is 2. The molecule has 5 atom stereocenters. The number of aromatic amines is 1. The highest BCUT2D eigenvalue weighted by molar-refractivity contribution is 5.91. The molecule has 1 aliphatic carbocycles. The zero-order valence-corrected chi connectivity index (χ0v) is 18.0. The summed E-state index contributed by atoms with van der Waals surface area (Å²) in [4.78, 5) is 20.1. The standard InChI is InChI=1S/C24H32N2O4/c1-28-10-8-17-13-16-14-24(23(27)30-12-11-29-2)21-19(7-9-26(15-16)22(17)24)18-5-3-4-6-20(18)25-21/h3-6,16-17,22,25H,7-15H2,1-2H3/t16-,17?,22?,24?/m0/s1. The predicted molar refractivity (Wildman–Crippen MR) is 115 cm³/mol. The summed E-state index contributed by atoms with van der Waals surface area (Å²) in [6.07, 6.45) is 3.99. The maximum absolute atomic E-state index is 13.9. The molecule has 0 spiro atoms. The number of H-pyrrole nitrogens is 1. The second kappa shape index (κ2) is 7.98. The Morgan fingerprint density at radius 3 is 2.87 bits per heavy atom. The maximum Gasteiger partial charge on any atom is 0.319 e. The van der Waals surface area contributed by atoms with Gasteiger partial charge in [0.25, 0.3) is 0 Å². The van der Waals surface area contributed by atoms with E-state index in [-0.39, 0.29) is 12.0 Å². The van der Waals surface area contributed by atoms with E-state index in [9.17, 15) is 4.79 Å². The van der Waals surface area contributed by atoms with Gasteiger partial charge in [-0.2, -0.15) is 0 Å². The Balaban J connectivity index is 1.65. The topological polar surface area (TPSA) is 63.8 Å². The van der Waals surface area contributed by atoms with Crippen molar-refractivity contribution in [2.75, 3.05) is 47.1 Å². The predicted octanol–water partition coefficient (Wildman–Crippen LogP) is 2.90. The van der Waals surface area contributed by atoms with E-state index in [2.05, 4.69) is 34.1 Å². The van der Waals surface area contributed by atoms with Crippen molar-refractivity contribution in [3.8, 4) is 0 Å². The van der Waals surface area contributed by atoms with Crippen LogP contribution in [0.3, 0.4) is 0 Å². The van der Waals surface area contributed by atoms with Crippen molar-refractivity contribution in [1.29, 1.82) is 0 Å². The van der Waals surface area contributed by atoms with E-state index in [1.807, 2.05) is 0 Å². The molecule has 162 valence electrons. The van der Waals surface area contributed by atoms with E-state index in [0.717, 1.165) is 50.2 Å². The molecule has 1 N–H and O–H groups in total. The Morgan fingerprint density at radius 2 is 2.03 bits per heavy atom. The van der Waals surface area contributed by atoms with Gasteiger partial charge >= 0.3 is 5.97 Å². The Morgan fingerprint density at radius 1 is 1.20 bits per heavy atom. The molecule has 6 heteroatoms. The first-order valence-corrected chi connectivity index (χ1v) is 11.2. The Kier molecular flexibility index (Phi) is 5.33. The summed E-state index contributed by atoms with van der Waals surface area (Å²) in [6, 6.07) is 8.60. The Labute approximate surface area is 177 Å². The summed E-state index contributed by atoms with van der Waals surface area (Å²) in [6.45, 7) is 3.53. The van der Waals surface area contributed by atoms with Gasteiger partial charge in [-0.1, -0.05) is 18.2 Å². The number of carbonyl (C=O) groups is 1. The van der Waals surface area contributed by atoms with Gasteiger partial charge in [-0.3, -0.25) is 9.69 Å². The molecule has 1 aromatic heterocycles. The molecule has 1 aromatic carbocycles. The maximum atomic E-state index is 13.9. The van der Waals surface area contributed by atoms with E-state index in [4.69, 9.17) is 14.2 Å². The third kappa shape index (κ3) is 3.00. The molecule has 2 saturated heterocycles. The molecule has 4 aliphatic rings. The number of carbonyl (C=O) groups excluding carboxylic acids is 1. The number of hydrogen-bond donors (Lipinski definition) is 1. The van der Waals surface area contributed by atoms with Crippen LogP contribution < -0.4 is 0 Å². The lowest BCUT2D eigenvalue weighted by molar-refractivity contribution is -0.167. The van der Waals surface area contributed by atoms with Crippen molar-refractivity contribution in [2.24, 2.45) is 11.8 Å². The number of fused-ring (bicyclic) bond motifs is 4. The minimum Gasteiger partial charge on any atom is -0.462 e. The van der Waals surface area contributed by atoms with Gasteiger partial charge in [-0.25, -0.2) is 0 Å². The average molecular weight is 413 g/mol. The number of para-hydroxylation sites is 1. The van der Waals surface area contributed by atoms with Crippen LogP contribution in [0.4, 0.5) is 0 Å². The minimum atomic E-state index is -0.641. The van der Waals surface area contributed by atoms with Gasteiger partial charge in [0.1, 0.15) is 12.0 Å². The Hall–Kier alpha value is -1.89. The number of ether oxygens (including phenoxy) is 3. The summed E-state index contributed by atoms with van der Waals surface area (Å²) in [7, 11) is 3.40. The summed E-state index contributed by atoms with van der Waals surface area (Å²) in [5.74, 6) is 0.852. The molecule has 4 unspecified atom stereocenters. The van der Waals surface area contributed by atoms with Crippen LogP contribution in [0.5, 0.6) is 0 Å². The SMILES string of the molecule is COCCOC(=O)C12C[C@@H]3CC(CCOC)C1N(CCc1c2[nH]c2ccccc12)C3. The Bertz CT molecular complexity index is 925. The van der Waals surface area contributed by atoms with Crippen LogP contribution in [0.15, 0.2) is 24.3 Å². The second-order valence-corrected chi connectivity index (χ2v) is 9.16. The molecule has 0 amide bonds. The number of piperidine rings is 2. The van der Waals surface area contributed by atoms with Gasteiger partial charge < -0.3 is 19.2 Å². The molecule has 6 nitrogen and oxygen atoms in total. The quantitative estimate of drug-likeness (QED) is 0.560. The third-order valence-corrected chi connectivity index (χ3v) is 7.57.